The monoisotopic (exact) mass is 292 g/mol. The summed E-state index contributed by atoms with van der Waals surface area (Å²) in [4.78, 5) is 11.9. The van der Waals surface area contributed by atoms with Crippen molar-refractivity contribution in [1.29, 1.82) is 0 Å². The minimum Gasteiger partial charge on any atom is -0.497 e. The van der Waals surface area contributed by atoms with Crippen molar-refractivity contribution in [2.24, 2.45) is 0 Å². The van der Waals surface area contributed by atoms with Crippen molar-refractivity contribution in [2.45, 2.75) is 44.6 Å². The summed E-state index contributed by atoms with van der Waals surface area (Å²) >= 11 is 0. The molecule has 0 aromatic heterocycles. The van der Waals surface area contributed by atoms with E-state index in [2.05, 4.69) is 10.6 Å². The molecule has 2 amide bonds. The van der Waals surface area contributed by atoms with E-state index in [-0.39, 0.29) is 6.03 Å². The Labute approximate surface area is 125 Å². The summed E-state index contributed by atoms with van der Waals surface area (Å²) < 4.78 is 5.13. The van der Waals surface area contributed by atoms with E-state index in [0.717, 1.165) is 42.7 Å². The summed E-state index contributed by atoms with van der Waals surface area (Å²) in [5.41, 5.74) is 0.926. The Balaban J connectivity index is 1.87. The molecule has 0 radical (unpaired) electrons. The first-order valence-corrected chi connectivity index (χ1v) is 7.44. The maximum Gasteiger partial charge on any atom is 0.319 e. The number of aliphatic hydroxyl groups is 1. The van der Waals surface area contributed by atoms with Gasteiger partial charge in [-0.15, -0.1) is 0 Å². The number of benzene rings is 1. The van der Waals surface area contributed by atoms with E-state index in [9.17, 15) is 9.90 Å². The van der Waals surface area contributed by atoms with Crippen LogP contribution in [-0.4, -0.2) is 30.4 Å². The van der Waals surface area contributed by atoms with Crippen LogP contribution in [0.3, 0.4) is 0 Å². The average Bonchev–Trinajstić information content (AvgIpc) is 2.48. The lowest BCUT2D eigenvalue weighted by Gasteiger charge is -2.32. The fourth-order valence-corrected chi connectivity index (χ4v) is 2.70. The van der Waals surface area contributed by atoms with Crippen molar-refractivity contribution < 1.29 is 14.6 Å². The van der Waals surface area contributed by atoms with Crippen LogP contribution in [0.5, 0.6) is 5.75 Å². The van der Waals surface area contributed by atoms with Gasteiger partial charge in [0, 0.05) is 12.2 Å². The topological polar surface area (TPSA) is 70.6 Å². The second-order valence-corrected chi connectivity index (χ2v) is 5.77. The quantitative estimate of drug-likeness (QED) is 0.799. The highest BCUT2D eigenvalue weighted by Gasteiger charge is 2.29. The number of methoxy groups -OCH3 is 1. The van der Waals surface area contributed by atoms with Crippen molar-refractivity contribution in [3.63, 3.8) is 0 Å². The van der Waals surface area contributed by atoms with E-state index >= 15 is 0 Å². The first kappa shape index (κ1) is 15.6. The molecule has 0 atom stereocenters. The third-order valence-electron chi connectivity index (χ3n) is 4.04. The molecule has 5 nitrogen and oxygen atoms in total. The molecule has 1 aromatic rings. The molecule has 0 saturated heterocycles. The number of amides is 2. The largest absolute Gasteiger partial charge is 0.497 e. The zero-order valence-electron chi connectivity index (χ0n) is 12.7. The van der Waals surface area contributed by atoms with Gasteiger partial charge in [-0.3, -0.25) is 0 Å². The van der Waals surface area contributed by atoms with Gasteiger partial charge in [0.05, 0.1) is 12.7 Å². The lowest BCUT2D eigenvalue weighted by atomic mass is 9.85. The van der Waals surface area contributed by atoms with E-state index in [0.29, 0.717) is 6.54 Å². The Morgan fingerprint density at radius 3 is 2.67 bits per heavy atom. The van der Waals surface area contributed by atoms with Crippen molar-refractivity contribution >= 4 is 11.7 Å². The maximum absolute atomic E-state index is 11.9. The summed E-state index contributed by atoms with van der Waals surface area (Å²) in [6.07, 6.45) is 4.73. The number of urea groups is 1. The van der Waals surface area contributed by atoms with Crippen molar-refractivity contribution in [2.75, 3.05) is 19.0 Å². The number of nitrogens with one attached hydrogen (secondary N) is 2. The lowest BCUT2D eigenvalue weighted by molar-refractivity contribution is 0.00755. The van der Waals surface area contributed by atoms with E-state index in [1.165, 1.54) is 6.42 Å². The van der Waals surface area contributed by atoms with Gasteiger partial charge in [-0.25, -0.2) is 4.79 Å². The molecule has 0 aliphatic heterocycles. The van der Waals surface area contributed by atoms with Gasteiger partial charge < -0.3 is 20.5 Å². The molecule has 5 heteroatoms. The number of anilines is 1. The molecular weight excluding hydrogens is 268 g/mol. The van der Waals surface area contributed by atoms with Crippen LogP contribution >= 0.6 is 0 Å². The van der Waals surface area contributed by atoms with E-state index in [1.807, 2.05) is 19.1 Å². The zero-order chi connectivity index (χ0) is 15.3. The molecule has 0 heterocycles. The van der Waals surface area contributed by atoms with Crippen molar-refractivity contribution in [3.05, 3.63) is 23.8 Å². The summed E-state index contributed by atoms with van der Waals surface area (Å²) in [7, 11) is 1.61. The third-order valence-corrected chi connectivity index (χ3v) is 4.04. The van der Waals surface area contributed by atoms with Crippen LogP contribution in [0.25, 0.3) is 0 Å². The van der Waals surface area contributed by atoms with E-state index in [1.54, 1.807) is 13.2 Å². The molecule has 1 fully saturated rings. The molecule has 0 spiro atoms. The Kier molecular flexibility index (Phi) is 5.07. The van der Waals surface area contributed by atoms with Crippen LogP contribution in [0.15, 0.2) is 18.2 Å². The molecule has 116 valence electrons. The highest BCUT2D eigenvalue weighted by atomic mass is 16.5. The van der Waals surface area contributed by atoms with E-state index in [4.69, 9.17) is 4.74 Å². The Morgan fingerprint density at radius 1 is 1.33 bits per heavy atom. The minimum absolute atomic E-state index is 0.290. The summed E-state index contributed by atoms with van der Waals surface area (Å²) in [5.74, 6) is 0.759. The van der Waals surface area contributed by atoms with Crippen LogP contribution in [-0.2, 0) is 0 Å². The molecule has 1 saturated carbocycles. The van der Waals surface area contributed by atoms with Gasteiger partial charge in [-0.2, -0.15) is 0 Å². The van der Waals surface area contributed by atoms with Crippen LogP contribution in [0, 0.1) is 6.92 Å². The standard InChI is InChI=1S/C16H24N2O3/c1-12-10-13(21-2)6-7-14(12)18-15(19)17-11-16(20)8-4-3-5-9-16/h6-7,10,20H,3-5,8-9,11H2,1-2H3,(H2,17,18,19). The summed E-state index contributed by atoms with van der Waals surface area (Å²) in [6, 6.07) is 5.19. The van der Waals surface area contributed by atoms with Gasteiger partial charge in [0.15, 0.2) is 0 Å². The predicted octanol–water partition coefficient (Wildman–Crippen LogP) is 2.82. The number of hydrogen-bond acceptors (Lipinski definition) is 3. The first-order chi connectivity index (χ1) is 10.0. The Hall–Kier alpha value is -1.75. The summed E-state index contributed by atoms with van der Waals surface area (Å²) in [6.45, 7) is 2.21. The Morgan fingerprint density at radius 2 is 2.05 bits per heavy atom. The van der Waals surface area contributed by atoms with Crippen molar-refractivity contribution in [3.8, 4) is 5.75 Å². The molecule has 21 heavy (non-hydrogen) atoms. The average molecular weight is 292 g/mol. The molecule has 2 rings (SSSR count). The van der Waals surface area contributed by atoms with Gasteiger partial charge >= 0.3 is 6.03 Å². The molecule has 3 N–H and O–H groups in total. The highest BCUT2D eigenvalue weighted by Crippen LogP contribution is 2.27. The van der Waals surface area contributed by atoms with Gasteiger partial charge in [0.25, 0.3) is 0 Å². The van der Waals surface area contributed by atoms with Gasteiger partial charge in [0.1, 0.15) is 5.75 Å². The number of carbonyl (C=O) groups is 1. The molecule has 1 aromatic carbocycles. The molecule has 1 aliphatic carbocycles. The number of ether oxygens (including phenoxy) is 1. The molecule has 1 aliphatic rings. The number of carbonyl (C=O) groups excluding carboxylic acids is 1. The molecule has 0 unspecified atom stereocenters. The van der Waals surface area contributed by atoms with Crippen LogP contribution in [0.2, 0.25) is 0 Å². The number of rotatable bonds is 4. The fourth-order valence-electron chi connectivity index (χ4n) is 2.70. The van der Waals surface area contributed by atoms with Gasteiger partial charge in [-0.05, 0) is 43.5 Å². The van der Waals surface area contributed by atoms with Crippen LogP contribution in [0.1, 0.15) is 37.7 Å². The highest BCUT2D eigenvalue weighted by molar-refractivity contribution is 5.90. The fraction of sp³-hybridized carbons (Fsp3) is 0.562. The van der Waals surface area contributed by atoms with Crippen LogP contribution < -0.4 is 15.4 Å². The molecule has 0 bridgehead atoms. The SMILES string of the molecule is COc1ccc(NC(=O)NCC2(O)CCCCC2)c(C)c1. The smallest absolute Gasteiger partial charge is 0.319 e. The number of aryl methyl sites for hydroxylation is 1. The maximum atomic E-state index is 11.9. The van der Waals surface area contributed by atoms with Crippen molar-refractivity contribution in [1.82, 2.24) is 5.32 Å². The summed E-state index contributed by atoms with van der Waals surface area (Å²) in [5, 5.41) is 15.9. The zero-order valence-corrected chi connectivity index (χ0v) is 12.7. The number of hydrogen-bond donors (Lipinski definition) is 3. The van der Waals surface area contributed by atoms with Crippen LogP contribution in [0.4, 0.5) is 10.5 Å². The van der Waals surface area contributed by atoms with Gasteiger partial charge in [0.2, 0.25) is 0 Å². The lowest BCUT2D eigenvalue weighted by Crippen LogP contribution is -2.45. The second-order valence-electron chi connectivity index (χ2n) is 5.77. The first-order valence-electron chi connectivity index (χ1n) is 7.44. The van der Waals surface area contributed by atoms with E-state index < -0.39 is 5.60 Å². The normalized spacial score (nSPS) is 17.1. The Bertz CT molecular complexity index is 496. The minimum atomic E-state index is -0.745. The third kappa shape index (κ3) is 4.36. The predicted molar refractivity (Wildman–Crippen MR) is 82.8 cm³/mol. The second kappa shape index (κ2) is 6.80. The van der Waals surface area contributed by atoms with Gasteiger partial charge in [-0.1, -0.05) is 19.3 Å². The molecular formula is C16H24N2O3.